The molecule has 1 amide bonds. The molecule has 0 aliphatic rings. The number of ether oxygens (including phenoxy) is 2. The first-order valence-corrected chi connectivity index (χ1v) is 8.02. The Morgan fingerprint density at radius 3 is 2.33 bits per heavy atom. The van der Waals surface area contributed by atoms with Gasteiger partial charge in [0.2, 0.25) is 0 Å². The van der Waals surface area contributed by atoms with Gasteiger partial charge >= 0.3 is 11.9 Å². The lowest BCUT2D eigenvalue weighted by molar-refractivity contribution is -0.143. The summed E-state index contributed by atoms with van der Waals surface area (Å²) in [4.78, 5) is 34.6. The molecular weight excluding hydrogens is 353 g/mol. The zero-order chi connectivity index (χ0) is 19.6. The van der Waals surface area contributed by atoms with Crippen molar-refractivity contribution in [3.63, 3.8) is 0 Å². The maximum atomic E-state index is 12.8. The van der Waals surface area contributed by atoms with Crippen molar-refractivity contribution >= 4 is 23.9 Å². The molecule has 2 rings (SSSR count). The van der Waals surface area contributed by atoms with Crippen molar-refractivity contribution in [2.24, 2.45) is 0 Å². The topological polar surface area (TPSA) is 81.7 Å². The molecule has 140 valence electrons. The van der Waals surface area contributed by atoms with E-state index < -0.39 is 24.5 Å². The van der Waals surface area contributed by atoms with Gasteiger partial charge in [-0.2, -0.15) is 0 Å². The van der Waals surface area contributed by atoms with Gasteiger partial charge in [0, 0.05) is 12.6 Å². The molecular formula is C20H18FNO5. The third-order valence-corrected chi connectivity index (χ3v) is 3.49. The highest BCUT2D eigenvalue weighted by Crippen LogP contribution is 2.06. The van der Waals surface area contributed by atoms with Crippen LogP contribution in [0.4, 0.5) is 4.39 Å². The Labute approximate surface area is 155 Å². The predicted molar refractivity (Wildman–Crippen MR) is 96.0 cm³/mol. The van der Waals surface area contributed by atoms with E-state index in [0.29, 0.717) is 11.1 Å². The van der Waals surface area contributed by atoms with Crippen molar-refractivity contribution in [2.75, 3.05) is 13.7 Å². The molecule has 0 aliphatic carbocycles. The average Bonchev–Trinajstić information content (AvgIpc) is 2.70. The van der Waals surface area contributed by atoms with Crippen LogP contribution in [0.15, 0.2) is 54.6 Å². The molecule has 1 N–H and O–H groups in total. The van der Waals surface area contributed by atoms with E-state index in [9.17, 15) is 18.8 Å². The maximum absolute atomic E-state index is 12.8. The third kappa shape index (κ3) is 6.74. The van der Waals surface area contributed by atoms with Crippen molar-refractivity contribution in [1.82, 2.24) is 5.32 Å². The van der Waals surface area contributed by atoms with Gasteiger partial charge in [0.1, 0.15) is 5.82 Å². The number of methoxy groups -OCH3 is 1. The molecule has 0 saturated heterocycles. The second-order valence-electron chi connectivity index (χ2n) is 5.46. The second-order valence-corrected chi connectivity index (χ2v) is 5.46. The van der Waals surface area contributed by atoms with Crippen molar-refractivity contribution in [2.45, 2.75) is 6.54 Å². The number of benzene rings is 2. The number of nitrogens with one attached hydrogen (secondary N) is 1. The molecule has 27 heavy (non-hydrogen) atoms. The summed E-state index contributed by atoms with van der Waals surface area (Å²) in [5.74, 6) is -1.95. The predicted octanol–water partition coefficient (Wildman–Crippen LogP) is 2.49. The molecule has 0 atom stereocenters. The second kappa shape index (κ2) is 9.86. The summed E-state index contributed by atoms with van der Waals surface area (Å²) in [6.07, 6.45) is 2.62. The minimum atomic E-state index is -0.683. The fourth-order valence-corrected chi connectivity index (χ4v) is 2.05. The van der Waals surface area contributed by atoms with Crippen LogP contribution in [0.3, 0.4) is 0 Å². The van der Waals surface area contributed by atoms with Crippen LogP contribution in [-0.4, -0.2) is 31.6 Å². The molecule has 2 aromatic rings. The Hall–Kier alpha value is -3.48. The van der Waals surface area contributed by atoms with Gasteiger partial charge < -0.3 is 14.8 Å². The highest BCUT2D eigenvalue weighted by Gasteiger charge is 2.07. The van der Waals surface area contributed by atoms with Gasteiger partial charge in [0.05, 0.1) is 12.7 Å². The van der Waals surface area contributed by atoms with Gasteiger partial charge in [-0.3, -0.25) is 4.79 Å². The highest BCUT2D eigenvalue weighted by molar-refractivity contribution is 5.90. The zero-order valence-corrected chi connectivity index (χ0v) is 14.6. The Bertz CT molecular complexity index is 828. The Morgan fingerprint density at radius 1 is 1.04 bits per heavy atom. The van der Waals surface area contributed by atoms with Crippen molar-refractivity contribution < 1.29 is 28.2 Å². The van der Waals surface area contributed by atoms with E-state index in [2.05, 4.69) is 10.1 Å². The Morgan fingerprint density at radius 2 is 1.70 bits per heavy atom. The molecule has 0 fully saturated rings. The summed E-state index contributed by atoms with van der Waals surface area (Å²) in [7, 11) is 1.30. The van der Waals surface area contributed by atoms with Crippen molar-refractivity contribution in [1.29, 1.82) is 0 Å². The fraction of sp³-hybridized carbons (Fsp3) is 0.150. The lowest BCUT2D eigenvalue weighted by atomic mass is 10.1. The summed E-state index contributed by atoms with van der Waals surface area (Å²) in [6.45, 7) is -0.198. The zero-order valence-electron chi connectivity index (χ0n) is 14.6. The first-order chi connectivity index (χ1) is 13.0. The molecule has 0 spiro atoms. The molecule has 0 saturated carbocycles. The normalized spacial score (nSPS) is 10.4. The Balaban J connectivity index is 1.73. The lowest BCUT2D eigenvalue weighted by Gasteiger charge is -2.06. The largest absolute Gasteiger partial charge is 0.465 e. The van der Waals surface area contributed by atoms with E-state index in [1.807, 2.05) is 0 Å². The first kappa shape index (κ1) is 19.8. The number of carbonyl (C=O) groups excluding carboxylic acids is 3. The Kier molecular flexibility index (Phi) is 7.25. The van der Waals surface area contributed by atoms with Gasteiger partial charge in [-0.05, 0) is 41.5 Å². The van der Waals surface area contributed by atoms with E-state index in [-0.39, 0.29) is 12.4 Å². The van der Waals surface area contributed by atoms with Crippen LogP contribution in [0.2, 0.25) is 0 Å². The van der Waals surface area contributed by atoms with Crippen LogP contribution >= 0.6 is 0 Å². The van der Waals surface area contributed by atoms with Gasteiger partial charge in [0.25, 0.3) is 5.91 Å². The number of amides is 1. The number of carbonyl (C=O) groups is 3. The van der Waals surface area contributed by atoms with Crippen LogP contribution in [0.25, 0.3) is 6.08 Å². The fourth-order valence-electron chi connectivity index (χ4n) is 2.05. The maximum Gasteiger partial charge on any atom is 0.337 e. The molecule has 0 aliphatic heterocycles. The summed E-state index contributed by atoms with van der Waals surface area (Å²) in [5, 5.41) is 2.60. The summed E-state index contributed by atoms with van der Waals surface area (Å²) < 4.78 is 22.2. The summed E-state index contributed by atoms with van der Waals surface area (Å²) >= 11 is 0. The van der Waals surface area contributed by atoms with Gasteiger partial charge in [0.15, 0.2) is 6.61 Å². The minimum absolute atomic E-state index is 0.225. The van der Waals surface area contributed by atoms with Gasteiger partial charge in [-0.15, -0.1) is 0 Å². The van der Waals surface area contributed by atoms with E-state index in [1.165, 1.54) is 37.5 Å². The van der Waals surface area contributed by atoms with Crippen molar-refractivity contribution in [3.05, 3.63) is 77.1 Å². The van der Waals surface area contributed by atoms with Gasteiger partial charge in [-0.1, -0.05) is 24.3 Å². The highest BCUT2D eigenvalue weighted by atomic mass is 19.1. The van der Waals surface area contributed by atoms with Gasteiger partial charge in [-0.25, -0.2) is 14.0 Å². The first-order valence-electron chi connectivity index (χ1n) is 8.02. The molecule has 0 heterocycles. The molecule has 0 radical (unpaired) electrons. The SMILES string of the molecule is COC(=O)c1ccc(CNC(=O)COC(=O)/C=C/c2ccc(F)cc2)cc1. The number of halogens is 1. The molecule has 6 nitrogen and oxygen atoms in total. The molecule has 2 aromatic carbocycles. The third-order valence-electron chi connectivity index (χ3n) is 3.49. The smallest absolute Gasteiger partial charge is 0.337 e. The van der Waals surface area contributed by atoms with Crippen molar-refractivity contribution in [3.8, 4) is 0 Å². The minimum Gasteiger partial charge on any atom is -0.465 e. The van der Waals surface area contributed by atoms with E-state index in [1.54, 1.807) is 24.3 Å². The van der Waals surface area contributed by atoms with E-state index in [4.69, 9.17) is 4.74 Å². The number of esters is 2. The van der Waals surface area contributed by atoms with E-state index in [0.717, 1.165) is 11.6 Å². The molecule has 7 heteroatoms. The summed E-state index contributed by atoms with van der Waals surface area (Å²) in [5.41, 5.74) is 1.82. The standard InChI is InChI=1S/C20H18FNO5/c1-26-20(25)16-7-2-15(3-8-16)12-22-18(23)13-27-19(24)11-6-14-4-9-17(21)10-5-14/h2-11H,12-13H2,1H3,(H,22,23)/b11-6+. The van der Waals surface area contributed by atoms with Crippen LogP contribution in [-0.2, 0) is 25.6 Å². The summed E-state index contributed by atoms with van der Waals surface area (Å²) in [6, 6.07) is 12.1. The number of rotatable bonds is 7. The monoisotopic (exact) mass is 371 g/mol. The average molecular weight is 371 g/mol. The molecule has 0 unspecified atom stereocenters. The molecule has 0 bridgehead atoms. The van der Waals surface area contributed by atoms with Crippen LogP contribution < -0.4 is 5.32 Å². The molecule has 0 aromatic heterocycles. The van der Waals surface area contributed by atoms with Crippen LogP contribution in [0.1, 0.15) is 21.5 Å². The van der Waals surface area contributed by atoms with Crippen LogP contribution in [0, 0.1) is 5.82 Å². The quantitative estimate of drug-likeness (QED) is 0.597. The number of hydrogen-bond acceptors (Lipinski definition) is 5. The van der Waals surface area contributed by atoms with E-state index >= 15 is 0 Å². The lowest BCUT2D eigenvalue weighted by Crippen LogP contribution is -2.28. The number of hydrogen-bond donors (Lipinski definition) is 1. The van der Waals surface area contributed by atoms with Crippen LogP contribution in [0.5, 0.6) is 0 Å².